The van der Waals surface area contributed by atoms with Crippen molar-refractivity contribution in [2.45, 2.75) is 26.9 Å². The molecular formula is C14H14O6. The van der Waals surface area contributed by atoms with E-state index in [1.54, 1.807) is 26.0 Å². The van der Waals surface area contributed by atoms with E-state index in [1.807, 2.05) is 0 Å². The van der Waals surface area contributed by atoms with Crippen LogP contribution < -0.4 is 15.1 Å². The molecular weight excluding hydrogens is 264 g/mol. The number of esters is 1. The molecule has 0 aliphatic heterocycles. The molecule has 20 heavy (non-hydrogen) atoms. The van der Waals surface area contributed by atoms with Gasteiger partial charge in [-0.1, -0.05) is 6.07 Å². The zero-order valence-electron chi connectivity index (χ0n) is 11.3. The quantitative estimate of drug-likeness (QED) is 0.684. The van der Waals surface area contributed by atoms with Crippen LogP contribution in [0.15, 0.2) is 27.4 Å². The van der Waals surface area contributed by atoms with Crippen molar-refractivity contribution in [3.05, 3.63) is 28.6 Å². The van der Waals surface area contributed by atoms with Crippen LogP contribution in [0.4, 0.5) is 0 Å². The first-order valence-corrected chi connectivity index (χ1v) is 6.04. The van der Waals surface area contributed by atoms with E-state index in [2.05, 4.69) is 0 Å². The van der Waals surface area contributed by atoms with Gasteiger partial charge in [0.1, 0.15) is 0 Å². The van der Waals surface area contributed by atoms with E-state index in [0.29, 0.717) is 5.39 Å². The van der Waals surface area contributed by atoms with Gasteiger partial charge in [0.15, 0.2) is 17.1 Å². The molecule has 0 bridgehead atoms. The summed E-state index contributed by atoms with van der Waals surface area (Å²) in [5.41, 5.74) is -0.895. The second kappa shape index (κ2) is 5.24. The first-order chi connectivity index (χ1) is 9.40. The smallest absolute Gasteiger partial charge is 0.383 e. The molecule has 0 saturated heterocycles. The molecule has 106 valence electrons. The lowest BCUT2D eigenvalue weighted by atomic mass is 10.2. The van der Waals surface area contributed by atoms with Crippen molar-refractivity contribution in [2.75, 3.05) is 0 Å². The van der Waals surface area contributed by atoms with Crippen LogP contribution in [0.1, 0.15) is 20.8 Å². The van der Waals surface area contributed by atoms with E-state index in [9.17, 15) is 14.7 Å². The van der Waals surface area contributed by atoms with Gasteiger partial charge in [0.2, 0.25) is 0 Å². The minimum absolute atomic E-state index is 0.0101. The lowest BCUT2D eigenvalue weighted by Gasteiger charge is -2.14. The Kier molecular flexibility index (Phi) is 3.65. The predicted octanol–water partition coefficient (Wildman–Crippen LogP) is 2.21. The number of rotatable bonds is 3. The molecule has 0 aliphatic rings. The van der Waals surface area contributed by atoms with Gasteiger partial charge in [-0.25, -0.2) is 4.79 Å². The molecule has 0 fully saturated rings. The molecule has 0 saturated carbocycles. The van der Waals surface area contributed by atoms with Crippen LogP contribution in [0.3, 0.4) is 0 Å². The molecule has 2 aromatic rings. The maximum absolute atomic E-state index is 11.9. The number of carbonyl (C=O) groups is 1. The summed E-state index contributed by atoms with van der Waals surface area (Å²) in [6.07, 6.45) is -0.253. The zero-order valence-corrected chi connectivity index (χ0v) is 11.3. The van der Waals surface area contributed by atoms with Gasteiger partial charge < -0.3 is 19.0 Å². The number of phenolic OH excluding ortho intramolecular Hbond substituents is 1. The topological polar surface area (TPSA) is 86.0 Å². The van der Waals surface area contributed by atoms with E-state index < -0.39 is 11.6 Å². The fourth-order valence-electron chi connectivity index (χ4n) is 1.75. The highest BCUT2D eigenvalue weighted by molar-refractivity contribution is 5.90. The van der Waals surface area contributed by atoms with Crippen LogP contribution in [0, 0.1) is 0 Å². The third-order valence-electron chi connectivity index (χ3n) is 2.42. The van der Waals surface area contributed by atoms with Crippen LogP contribution in [-0.4, -0.2) is 17.2 Å². The summed E-state index contributed by atoms with van der Waals surface area (Å²) >= 11 is 0. The number of fused-ring (bicyclic) bond motifs is 1. The molecule has 0 unspecified atom stereocenters. The maximum atomic E-state index is 11.9. The second-order valence-electron chi connectivity index (χ2n) is 4.46. The molecule has 1 heterocycles. The van der Waals surface area contributed by atoms with E-state index >= 15 is 0 Å². The summed E-state index contributed by atoms with van der Waals surface area (Å²) in [6, 6.07) is 4.56. The summed E-state index contributed by atoms with van der Waals surface area (Å²) in [4.78, 5) is 23.0. The van der Waals surface area contributed by atoms with Crippen LogP contribution in [0.25, 0.3) is 11.0 Å². The Bertz CT molecular complexity index is 713. The minimum atomic E-state index is -0.884. The fraction of sp³-hybridized carbons (Fsp3) is 0.286. The van der Waals surface area contributed by atoms with Crippen molar-refractivity contribution in [1.29, 1.82) is 0 Å². The van der Waals surface area contributed by atoms with Gasteiger partial charge in [-0.3, -0.25) is 4.79 Å². The van der Waals surface area contributed by atoms with Gasteiger partial charge in [0, 0.05) is 6.92 Å². The molecule has 6 nitrogen and oxygen atoms in total. The third-order valence-corrected chi connectivity index (χ3v) is 2.42. The number of hydrogen-bond donors (Lipinski definition) is 1. The summed E-state index contributed by atoms with van der Waals surface area (Å²) in [6.45, 7) is 4.70. The SMILES string of the molecule is CC(=O)Oc1c(OC(C)C)c2cccc(O)c2oc1=O. The number of benzene rings is 1. The number of ether oxygens (including phenoxy) is 2. The molecule has 0 spiro atoms. The Labute approximate surface area is 114 Å². The van der Waals surface area contributed by atoms with Crippen LogP contribution in [-0.2, 0) is 4.79 Å². The monoisotopic (exact) mass is 278 g/mol. The average molecular weight is 278 g/mol. The molecule has 0 amide bonds. The van der Waals surface area contributed by atoms with Gasteiger partial charge in [0.05, 0.1) is 11.5 Å². The molecule has 2 rings (SSSR count). The number of carbonyl (C=O) groups excluding carboxylic acids is 1. The van der Waals surface area contributed by atoms with Crippen molar-refractivity contribution in [1.82, 2.24) is 0 Å². The highest BCUT2D eigenvalue weighted by atomic mass is 16.6. The first-order valence-electron chi connectivity index (χ1n) is 6.04. The molecule has 0 radical (unpaired) electrons. The summed E-state index contributed by atoms with van der Waals surface area (Å²) in [7, 11) is 0. The van der Waals surface area contributed by atoms with Gasteiger partial charge in [0.25, 0.3) is 5.75 Å². The highest BCUT2D eigenvalue weighted by Gasteiger charge is 2.21. The molecule has 1 N–H and O–H groups in total. The lowest BCUT2D eigenvalue weighted by molar-refractivity contribution is -0.132. The Morgan fingerprint density at radius 2 is 2.00 bits per heavy atom. The van der Waals surface area contributed by atoms with Crippen LogP contribution >= 0.6 is 0 Å². The number of aromatic hydroxyl groups is 1. The predicted molar refractivity (Wildman–Crippen MR) is 71.2 cm³/mol. The van der Waals surface area contributed by atoms with Crippen molar-refractivity contribution in [3.8, 4) is 17.2 Å². The Hall–Kier alpha value is -2.50. The summed E-state index contributed by atoms with van der Waals surface area (Å²) < 4.78 is 15.4. The Morgan fingerprint density at radius 1 is 1.30 bits per heavy atom. The van der Waals surface area contributed by atoms with E-state index in [-0.39, 0.29) is 28.9 Å². The Balaban J connectivity index is 2.80. The van der Waals surface area contributed by atoms with E-state index in [0.717, 1.165) is 0 Å². The van der Waals surface area contributed by atoms with Crippen LogP contribution in [0.2, 0.25) is 0 Å². The van der Waals surface area contributed by atoms with Gasteiger partial charge in [-0.2, -0.15) is 0 Å². The van der Waals surface area contributed by atoms with Crippen molar-refractivity contribution >= 4 is 16.9 Å². The first kappa shape index (κ1) is 13.9. The lowest BCUT2D eigenvalue weighted by Crippen LogP contribution is -2.15. The average Bonchev–Trinajstić information content (AvgIpc) is 2.34. The summed E-state index contributed by atoms with van der Waals surface area (Å²) in [5, 5.41) is 10.1. The molecule has 1 aromatic heterocycles. The minimum Gasteiger partial charge on any atom is -0.504 e. The maximum Gasteiger partial charge on any atom is 0.383 e. The largest absolute Gasteiger partial charge is 0.504 e. The normalized spacial score (nSPS) is 10.8. The van der Waals surface area contributed by atoms with Gasteiger partial charge >= 0.3 is 11.6 Å². The second-order valence-corrected chi connectivity index (χ2v) is 4.46. The van der Waals surface area contributed by atoms with Gasteiger partial charge in [-0.15, -0.1) is 0 Å². The standard InChI is InChI=1S/C14H14O6/c1-7(2)18-12-9-5-4-6-10(16)11(9)20-14(17)13(12)19-8(3)15/h4-7,16H,1-3H3. The third kappa shape index (κ3) is 2.59. The number of phenols is 1. The van der Waals surface area contributed by atoms with Crippen molar-refractivity contribution in [3.63, 3.8) is 0 Å². The Morgan fingerprint density at radius 3 is 2.60 bits per heavy atom. The van der Waals surface area contributed by atoms with Crippen molar-refractivity contribution < 1.29 is 23.8 Å². The number of para-hydroxylation sites is 1. The zero-order chi connectivity index (χ0) is 14.9. The highest BCUT2D eigenvalue weighted by Crippen LogP contribution is 2.36. The molecule has 6 heteroatoms. The summed E-state index contributed by atoms with van der Waals surface area (Å²) in [5.74, 6) is -1.09. The molecule has 0 aliphatic carbocycles. The van der Waals surface area contributed by atoms with E-state index in [1.165, 1.54) is 13.0 Å². The fourth-order valence-corrected chi connectivity index (χ4v) is 1.75. The molecule has 0 atom stereocenters. The van der Waals surface area contributed by atoms with Crippen molar-refractivity contribution in [2.24, 2.45) is 0 Å². The number of hydrogen-bond acceptors (Lipinski definition) is 6. The van der Waals surface area contributed by atoms with Crippen LogP contribution in [0.5, 0.6) is 17.2 Å². The van der Waals surface area contributed by atoms with E-state index in [4.69, 9.17) is 13.9 Å². The molecule has 1 aromatic carbocycles. The van der Waals surface area contributed by atoms with Gasteiger partial charge in [-0.05, 0) is 26.0 Å².